The molecule has 0 spiro atoms. The zero-order valence-electron chi connectivity index (χ0n) is 13.7. The number of aryl methyl sites for hydroxylation is 2. The molecular formula is C16H15FKN3O. The number of carbonyl (C=O) groups excluding carboxylic acids is 1. The molecule has 0 aliphatic carbocycles. The number of allylic oxidation sites excluding steroid dienone is 1. The van der Waals surface area contributed by atoms with Gasteiger partial charge in [-0.3, -0.25) is 9.48 Å². The summed E-state index contributed by atoms with van der Waals surface area (Å²) >= 11 is 0. The molecule has 0 fully saturated rings. The Hall–Kier alpha value is -1.05. The van der Waals surface area contributed by atoms with Crippen LogP contribution in [0, 0.1) is 12.7 Å². The van der Waals surface area contributed by atoms with Crippen LogP contribution in [0.3, 0.4) is 0 Å². The molecule has 0 bridgehead atoms. The fourth-order valence-electron chi connectivity index (χ4n) is 2.56. The van der Waals surface area contributed by atoms with Crippen molar-refractivity contribution in [2.45, 2.75) is 6.92 Å². The van der Waals surface area contributed by atoms with Crippen molar-refractivity contribution in [3.05, 3.63) is 53.6 Å². The monoisotopic (exact) mass is 323 g/mol. The average Bonchev–Trinajstić information content (AvgIpc) is 2.97. The summed E-state index contributed by atoms with van der Waals surface area (Å²) in [5.41, 5.74) is 2.41. The molecule has 2 heterocycles. The van der Waals surface area contributed by atoms with Gasteiger partial charge in [-0.05, 0) is 43.3 Å². The molecule has 22 heavy (non-hydrogen) atoms. The molecule has 0 saturated heterocycles. The van der Waals surface area contributed by atoms with Gasteiger partial charge in [0.25, 0.3) is 0 Å². The summed E-state index contributed by atoms with van der Waals surface area (Å²) in [7, 11) is 1.83. The van der Waals surface area contributed by atoms with Crippen LogP contribution in [0.2, 0.25) is 0 Å². The first kappa shape index (κ1) is 17.3. The Kier molecular flexibility index (Phi) is 5.52. The van der Waals surface area contributed by atoms with Gasteiger partial charge in [0.2, 0.25) is 0 Å². The van der Waals surface area contributed by atoms with Crippen LogP contribution in [0.4, 0.5) is 4.39 Å². The fourth-order valence-corrected chi connectivity index (χ4v) is 2.56. The molecule has 6 heteroatoms. The summed E-state index contributed by atoms with van der Waals surface area (Å²) in [6, 6.07) is 6.59. The summed E-state index contributed by atoms with van der Waals surface area (Å²) in [6.07, 6.45) is 5.75. The van der Waals surface area contributed by atoms with Crippen molar-refractivity contribution in [3.8, 4) is 5.82 Å². The number of carbonyl (C=O) groups is 1. The third-order valence-electron chi connectivity index (χ3n) is 3.46. The number of aromatic nitrogens is 3. The Morgan fingerprint density at radius 1 is 1.32 bits per heavy atom. The van der Waals surface area contributed by atoms with Crippen LogP contribution in [-0.4, -0.2) is 20.6 Å². The van der Waals surface area contributed by atoms with Gasteiger partial charge in [-0.15, -0.1) is 0 Å². The predicted molar refractivity (Wildman–Crippen MR) is 80.9 cm³/mol. The first-order valence-corrected chi connectivity index (χ1v) is 6.54. The van der Waals surface area contributed by atoms with Gasteiger partial charge >= 0.3 is 51.4 Å². The predicted octanol–water partition coefficient (Wildman–Crippen LogP) is 0.140. The van der Waals surface area contributed by atoms with Crippen LogP contribution in [0.25, 0.3) is 22.8 Å². The van der Waals surface area contributed by atoms with E-state index < -0.39 is 0 Å². The minimum atomic E-state index is -0.286. The maximum atomic E-state index is 13.5. The van der Waals surface area contributed by atoms with E-state index >= 15 is 0 Å². The number of hydrogen-bond donors (Lipinski definition) is 0. The molecule has 0 amide bonds. The van der Waals surface area contributed by atoms with Crippen molar-refractivity contribution in [3.63, 3.8) is 0 Å². The van der Waals surface area contributed by atoms with Crippen LogP contribution >= 0.6 is 0 Å². The molecule has 0 aliphatic heterocycles. The Morgan fingerprint density at radius 3 is 2.82 bits per heavy atom. The van der Waals surface area contributed by atoms with Crippen molar-refractivity contribution in [2.24, 2.45) is 7.05 Å². The number of fused-ring (bicyclic) bond motifs is 1. The second-order valence-corrected chi connectivity index (χ2v) is 4.83. The Balaban J connectivity index is 0.00000132. The van der Waals surface area contributed by atoms with E-state index in [9.17, 15) is 9.18 Å². The van der Waals surface area contributed by atoms with Crippen molar-refractivity contribution < 1.29 is 62.0 Å². The van der Waals surface area contributed by atoms with Crippen molar-refractivity contribution in [1.82, 2.24) is 14.3 Å². The van der Waals surface area contributed by atoms with Crippen LogP contribution < -0.4 is 51.4 Å². The topological polar surface area (TPSA) is 39.8 Å². The summed E-state index contributed by atoms with van der Waals surface area (Å²) in [5.74, 6) is 0.512. The quantitative estimate of drug-likeness (QED) is 0.391. The first-order chi connectivity index (χ1) is 10.1. The normalized spacial score (nSPS) is 11.0. The summed E-state index contributed by atoms with van der Waals surface area (Å²) < 4.78 is 17.1. The third kappa shape index (κ3) is 3.02. The molecular weight excluding hydrogens is 308 g/mol. The van der Waals surface area contributed by atoms with E-state index in [-0.39, 0.29) is 58.6 Å². The SMILES string of the molecule is Cc1nn(C)c(-n2ccc3ccc(F)cc32)c1/C=C/C=O.[H-].[K+]. The maximum Gasteiger partial charge on any atom is 1.00 e. The van der Waals surface area contributed by atoms with Gasteiger partial charge in [-0.2, -0.15) is 5.10 Å². The number of rotatable bonds is 3. The molecule has 0 atom stereocenters. The van der Waals surface area contributed by atoms with E-state index in [2.05, 4.69) is 5.10 Å². The molecule has 0 N–H and O–H groups in total. The smallest absolute Gasteiger partial charge is 1.00 e. The molecule has 0 saturated carbocycles. The van der Waals surface area contributed by atoms with E-state index in [1.807, 2.05) is 30.8 Å². The molecule has 3 rings (SSSR count). The summed E-state index contributed by atoms with van der Waals surface area (Å²) in [5, 5.41) is 5.33. The van der Waals surface area contributed by atoms with Gasteiger partial charge < -0.3 is 5.99 Å². The fraction of sp³-hybridized carbons (Fsp3) is 0.125. The molecule has 3 aromatic rings. The Morgan fingerprint density at radius 2 is 2.09 bits per heavy atom. The number of nitrogens with zero attached hydrogens (tertiary/aromatic N) is 3. The number of aldehydes is 1. The second-order valence-electron chi connectivity index (χ2n) is 4.83. The summed E-state index contributed by atoms with van der Waals surface area (Å²) in [6.45, 7) is 1.88. The number of hydrogen-bond acceptors (Lipinski definition) is 2. The van der Waals surface area contributed by atoms with E-state index in [1.54, 1.807) is 16.8 Å². The molecule has 108 valence electrons. The standard InChI is InChI=1S/C16H14FN3O.K.H/c1-11-14(4-3-9-21)16(19(2)18-11)20-8-7-12-5-6-13(17)10-15(12)20;;/h3-10H,1-2H3;;/q;+1;-1/b4-3+;;. The van der Waals surface area contributed by atoms with Crippen molar-refractivity contribution in [1.29, 1.82) is 0 Å². The molecule has 4 nitrogen and oxygen atoms in total. The van der Waals surface area contributed by atoms with Gasteiger partial charge in [-0.1, -0.05) is 0 Å². The van der Waals surface area contributed by atoms with E-state index in [0.717, 1.165) is 34.3 Å². The molecule has 0 radical (unpaired) electrons. The number of benzene rings is 1. The molecule has 0 unspecified atom stereocenters. The minimum absolute atomic E-state index is 0. The van der Waals surface area contributed by atoms with Gasteiger partial charge in [0.1, 0.15) is 17.9 Å². The third-order valence-corrected chi connectivity index (χ3v) is 3.46. The second kappa shape index (κ2) is 7.02. The Labute approximate surface area is 171 Å². The molecule has 0 aliphatic rings. The van der Waals surface area contributed by atoms with Crippen LogP contribution in [0.5, 0.6) is 0 Å². The van der Waals surface area contributed by atoms with E-state index in [0.29, 0.717) is 0 Å². The molecule has 1 aromatic carbocycles. The van der Waals surface area contributed by atoms with Crippen LogP contribution in [0.15, 0.2) is 36.5 Å². The van der Waals surface area contributed by atoms with E-state index in [1.165, 1.54) is 18.2 Å². The largest absolute Gasteiger partial charge is 1.00 e. The van der Waals surface area contributed by atoms with Crippen molar-refractivity contribution in [2.75, 3.05) is 0 Å². The minimum Gasteiger partial charge on any atom is -1.00 e. The van der Waals surface area contributed by atoms with E-state index in [4.69, 9.17) is 0 Å². The first-order valence-electron chi connectivity index (χ1n) is 6.54. The Bertz CT molecular complexity index is 870. The van der Waals surface area contributed by atoms with Gasteiger partial charge in [-0.25, -0.2) is 4.39 Å². The average molecular weight is 323 g/mol. The number of halogens is 1. The van der Waals surface area contributed by atoms with Crippen LogP contribution in [0.1, 0.15) is 12.7 Å². The zero-order chi connectivity index (χ0) is 15.0. The maximum absolute atomic E-state index is 13.5. The van der Waals surface area contributed by atoms with Gasteiger partial charge in [0.15, 0.2) is 0 Å². The van der Waals surface area contributed by atoms with Crippen LogP contribution in [-0.2, 0) is 11.8 Å². The zero-order valence-corrected chi connectivity index (χ0v) is 15.9. The molecule has 2 aromatic heterocycles. The van der Waals surface area contributed by atoms with Crippen molar-refractivity contribution >= 4 is 23.3 Å². The van der Waals surface area contributed by atoms with Gasteiger partial charge in [0, 0.05) is 24.2 Å². The van der Waals surface area contributed by atoms with Gasteiger partial charge in [0.05, 0.1) is 11.2 Å². The summed E-state index contributed by atoms with van der Waals surface area (Å²) in [4.78, 5) is 10.6.